The van der Waals surface area contributed by atoms with Crippen molar-refractivity contribution in [3.8, 4) is 0 Å². The van der Waals surface area contributed by atoms with Crippen LogP contribution in [0, 0.1) is 6.92 Å². The summed E-state index contributed by atoms with van der Waals surface area (Å²) in [5.74, 6) is 0. The Morgan fingerprint density at radius 1 is 1.13 bits per heavy atom. The Morgan fingerprint density at radius 2 is 1.65 bits per heavy atom. The van der Waals surface area contributed by atoms with Gasteiger partial charge in [-0.3, -0.25) is 4.18 Å². The van der Waals surface area contributed by atoms with E-state index in [1.807, 2.05) is 6.92 Å². The molecule has 1 aromatic rings. The predicted molar refractivity (Wildman–Crippen MR) is 96.7 cm³/mol. The second-order valence-electron chi connectivity index (χ2n) is 7.57. The summed E-state index contributed by atoms with van der Waals surface area (Å²) in [6.07, 6.45) is 0.142. The average Bonchev–Trinajstić information content (AvgIpc) is 2.36. The van der Waals surface area contributed by atoms with E-state index >= 15 is 0 Å². The second-order valence-corrected chi connectivity index (χ2v) is 14.0. The maximum Gasteiger partial charge on any atom is 0.297 e. The lowest BCUT2D eigenvalue weighted by atomic mass is 10.2. The zero-order valence-corrected chi connectivity index (χ0v) is 17.2. The molecule has 1 rings (SSSR count). The minimum absolute atomic E-state index is 0.144. The van der Waals surface area contributed by atoms with E-state index in [-0.39, 0.29) is 9.93 Å². The molecule has 0 aliphatic heterocycles. The van der Waals surface area contributed by atoms with Gasteiger partial charge in [-0.25, -0.2) is 0 Å². The van der Waals surface area contributed by atoms with Crippen LogP contribution in [0.1, 0.15) is 39.7 Å². The molecule has 4 nitrogen and oxygen atoms in total. The molecule has 0 spiro atoms. The molecule has 0 heterocycles. The fraction of sp³-hybridized carbons (Fsp3) is 0.647. The van der Waals surface area contributed by atoms with Crippen molar-refractivity contribution in [2.75, 3.05) is 6.61 Å². The van der Waals surface area contributed by atoms with Gasteiger partial charge < -0.3 is 4.43 Å². The lowest BCUT2D eigenvalue weighted by Crippen LogP contribution is -2.41. The van der Waals surface area contributed by atoms with Crippen LogP contribution in [0.5, 0.6) is 0 Å². The van der Waals surface area contributed by atoms with Gasteiger partial charge in [0.1, 0.15) is 0 Å². The van der Waals surface area contributed by atoms with E-state index < -0.39 is 24.5 Å². The highest BCUT2D eigenvalue weighted by Gasteiger charge is 2.37. The molecule has 0 saturated heterocycles. The lowest BCUT2D eigenvalue weighted by molar-refractivity contribution is 0.176. The molecular weight excluding hydrogens is 328 g/mol. The summed E-state index contributed by atoms with van der Waals surface area (Å²) in [6.45, 7) is 15.1. The first-order valence-corrected chi connectivity index (χ1v) is 12.3. The second kappa shape index (κ2) is 7.47. The first kappa shape index (κ1) is 20.4. The van der Waals surface area contributed by atoms with Crippen LogP contribution in [0.3, 0.4) is 0 Å². The first-order chi connectivity index (χ1) is 10.3. The van der Waals surface area contributed by atoms with Crippen molar-refractivity contribution >= 4 is 18.4 Å². The van der Waals surface area contributed by atoms with Gasteiger partial charge in [0, 0.05) is 6.61 Å². The molecular formula is C17H30O4SSi. The van der Waals surface area contributed by atoms with Gasteiger partial charge in [-0.2, -0.15) is 8.42 Å². The summed E-state index contributed by atoms with van der Waals surface area (Å²) in [5, 5.41) is 0.144. The highest BCUT2D eigenvalue weighted by molar-refractivity contribution is 7.86. The fourth-order valence-electron chi connectivity index (χ4n) is 1.72. The van der Waals surface area contributed by atoms with Crippen LogP contribution in [-0.2, 0) is 18.7 Å². The number of hydrogen-bond acceptors (Lipinski definition) is 4. The van der Waals surface area contributed by atoms with E-state index in [2.05, 4.69) is 33.9 Å². The van der Waals surface area contributed by atoms with E-state index in [0.29, 0.717) is 13.0 Å². The summed E-state index contributed by atoms with van der Waals surface area (Å²) >= 11 is 0. The molecule has 0 bridgehead atoms. The summed E-state index contributed by atoms with van der Waals surface area (Å²) in [4.78, 5) is 0.195. The van der Waals surface area contributed by atoms with E-state index in [1.54, 1.807) is 31.2 Å². The van der Waals surface area contributed by atoms with Crippen molar-refractivity contribution < 1.29 is 17.0 Å². The first-order valence-electron chi connectivity index (χ1n) is 7.99. The van der Waals surface area contributed by atoms with Crippen molar-refractivity contribution in [1.29, 1.82) is 0 Å². The fourth-order valence-corrected chi connectivity index (χ4v) is 3.89. The summed E-state index contributed by atoms with van der Waals surface area (Å²) < 4.78 is 35.8. The van der Waals surface area contributed by atoms with E-state index in [9.17, 15) is 8.42 Å². The zero-order chi connectivity index (χ0) is 17.9. The minimum Gasteiger partial charge on any atom is -0.417 e. The van der Waals surface area contributed by atoms with E-state index in [1.165, 1.54) is 0 Å². The molecule has 0 aliphatic rings. The Balaban J connectivity index is 2.57. The summed E-state index contributed by atoms with van der Waals surface area (Å²) in [5.41, 5.74) is 1.01. The highest BCUT2D eigenvalue weighted by atomic mass is 32.2. The third-order valence-corrected chi connectivity index (χ3v) is 10.4. The molecule has 23 heavy (non-hydrogen) atoms. The van der Waals surface area contributed by atoms with E-state index in [0.717, 1.165) is 5.56 Å². The largest absolute Gasteiger partial charge is 0.417 e. The van der Waals surface area contributed by atoms with Gasteiger partial charge in [0.05, 0.1) is 11.0 Å². The number of rotatable bonds is 7. The quantitative estimate of drug-likeness (QED) is 0.532. The van der Waals surface area contributed by atoms with Crippen LogP contribution < -0.4 is 0 Å². The molecule has 132 valence electrons. The average molecular weight is 359 g/mol. The molecule has 0 aliphatic carbocycles. The minimum atomic E-state index is -3.71. The van der Waals surface area contributed by atoms with Crippen molar-refractivity contribution in [3.63, 3.8) is 0 Å². The highest BCUT2D eigenvalue weighted by Crippen LogP contribution is 2.36. The zero-order valence-electron chi connectivity index (χ0n) is 15.3. The van der Waals surface area contributed by atoms with Gasteiger partial charge in [-0.15, -0.1) is 0 Å². The Morgan fingerprint density at radius 3 is 2.13 bits per heavy atom. The smallest absolute Gasteiger partial charge is 0.297 e. The van der Waals surface area contributed by atoms with Gasteiger partial charge >= 0.3 is 0 Å². The van der Waals surface area contributed by atoms with Gasteiger partial charge in [0.15, 0.2) is 8.32 Å². The maximum atomic E-state index is 12.2. The molecule has 6 heteroatoms. The Labute approximate surface area is 142 Å². The normalized spacial score (nSPS) is 14.7. The monoisotopic (exact) mass is 358 g/mol. The Hall–Kier alpha value is -0.693. The van der Waals surface area contributed by atoms with Gasteiger partial charge in [0.2, 0.25) is 0 Å². The van der Waals surface area contributed by atoms with Gasteiger partial charge in [-0.1, -0.05) is 38.5 Å². The molecule has 1 aromatic carbocycles. The van der Waals surface area contributed by atoms with Gasteiger partial charge in [-0.05, 0) is 50.5 Å². The van der Waals surface area contributed by atoms with Crippen LogP contribution in [0.25, 0.3) is 0 Å². The Kier molecular flexibility index (Phi) is 6.61. The van der Waals surface area contributed by atoms with Crippen LogP contribution in [0.4, 0.5) is 0 Å². The molecule has 0 amide bonds. The van der Waals surface area contributed by atoms with Crippen LogP contribution in [0.2, 0.25) is 18.1 Å². The van der Waals surface area contributed by atoms with Crippen LogP contribution >= 0.6 is 0 Å². The number of aryl methyl sites for hydroxylation is 1. The predicted octanol–water partition coefficient (Wildman–Crippen LogP) is 4.50. The Bertz CT molecular complexity index is 600. The summed E-state index contributed by atoms with van der Waals surface area (Å²) in [7, 11) is -5.52. The summed E-state index contributed by atoms with van der Waals surface area (Å²) in [6, 6.07) is 6.68. The third-order valence-electron chi connectivity index (χ3n) is 4.39. The lowest BCUT2D eigenvalue weighted by Gasteiger charge is -2.36. The number of hydrogen-bond donors (Lipinski definition) is 0. The topological polar surface area (TPSA) is 52.6 Å². The van der Waals surface area contributed by atoms with Crippen molar-refractivity contribution in [2.45, 2.75) is 70.2 Å². The molecule has 1 atom stereocenters. The SMILES string of the molecule is Cc1ccc(S(=O)(=O)OC(C)CCO[Si](C)(C)C(C)(C)C)cc1. The van der Waals surface area contributed by atoms with Crippen LogP contribution in [-0.4, -0.2) is 29.4 Å². The molecule has 0 N–H and O–H groups in total. The van der Waals surface area contributed by atoms with Crippen LogP contribution in [0.15, 0.2) is 29.2 Å². The molecule has 0 saturated carbocycles. The number of benzene rings is 1. The standard InChI is InChI=1S/C17H30O4SSi/c1-14-8-10-16(11-9-14)22(18,19)21-15(2)12-13-20-23(6,7)17(3,4)5/h8-11,15H,12-13H2,1-7H3. The molecule has 0 radical (unpaired) electrons. The van der Waals surface area contributed by atoms with Crippen molar-refractivity contribution in [3.05, 3.63) is 29.8 Å². The molecule has 1 unspecified atom stereocenters. The molecule has 0 aromatic heterocycles. The van der Waals surface area contributed by atoms with Crippen molar-refractivity contribution in [2.24, 2.45) is 0 Å². The third kappa shape index (κ3) is 6.03. The van der Waals surface area contributed by atoms with Crippen molar-refractivity contribution in [1.82, 2.24) is 0 Å². The maximum absolute atomic E-state index is 12.2. The van der Waals surface area contributed by atoms with E-state index in [4.69, 9.17) is 8.61 Å². The molecule has 0 fully saturated rings. The van der Waals surface area contributed by atoms with Gasteiger partial charge in [0.25, 0.3) is 10.1 Å².